The molecular formula is C15H18FN3. The van der Waals surface area contributed by atoms with Crippen molar-refractivity contribution in [2.24, 2.45) is 0 Å². The monoisotopic (exact) mass is 259 g/mol. The number of hydrogen-bond acceptors (Lipinski definition) is 2. The average Bonchev–Trinajstić information content (AvgIpc) is 2.78. The van der Waals surface area contributed by atoms with Gasteiger partial charge in [0.15, 0.2) is 5.65 Å². The van der Waals surface area contributed by atoms with E-state index in [-0.39, 0.29) is 5.83 Å². The smallest absolute Gasteiger partial charge is 0.159 e. The summed E-state index contributed by atoms with van der Waals surface area (Å²) in [7, 11) is 0. The summed E-state index contributed by atoms with van der Waals surface area (Å²) in [4.78, 5) is 4.60. The second-order valence-electron chi connectivity index (χ2n) is 4.81. The summed E-state index contributed by atoms with van der Waals surface area (Å²) < 4.78 is 14.8. The van der Waals surface area contributed by atoms with E-state index in [1.807, 2.05) is 31.5 Å². The summed E-state index contributed by atoms with van der Waals surface area (Å²) in [5, 5.41) is 4.27. The lowest BCUT2D eigenvalue weighted by Gasteiger charge is -2.05. The second kappa shape index (κ2) is 5.34. The third-order valence-electron chi connectivity index (χ3n) is 2.98. The zero-order chi connectivity index (χ0) is 14.0. The molecule has 3 nitrogen and oxygen atoms in total. The van der Waals surface area contributed by atoms with Crippen molar-refractivity contribution in [3.63, 3.8) is 0 Å². The molecule has 0 saturated heterocycles. The van der Waals surface area contributed by atoms with Crippen molar-refractivity contribution >= 4 is 11.2 Å². The Morgan fingerprint density at radius 3 is 2.74 bits per heavy atom. The number of halogens is 1. The van der Waals surface area contributed by atoms with Crippen LogP contribution < -0.4 is 0 Å². The second-order valence-corrected chi connectivity index (χ2v) is 4.81. The van der Waals surface area contributed by atoms with Gasteiger partial charge < -0.3 is 0 Å². The fourth-order valence-electron chi connectivity index (χ4n) is 1.97. The molecule has 0 amide bonds. The Morgan fingerprint density at radius 2 is 2.16 bits per heavy atom. The minimum Gasteiger partial charge on any atom is -0.228 e. The molecule has 4 heteroatoms. The molecule has 0 aliphatic rings. The molecule has 2 rings (SSSR count). The number of aromatic nitrogens is 3. The van der Waals surface area contributed by atoms with Crippen LogP contribution in [0.5, 0.6) is 0 Å². The molecule has 0 spiro atoms. The van der Waals surface area contributed by atoms with Gasteiger partial charge in [-0.15, -0.1) is 0 Å². The van der Waals surface area contributed by atoms with E-state index in [9.17, 15) is 4.39 Å². The van der Waals surface area contributed by atoms with Crippen LogP contribution >= 0.6 is 0 Å². The maximum absolute atomic E-state index is 13.1. The van der Waals surface area contributed by atoms with Crippen molar-refractivity contribution < 1.29 is 4.39 Å². The van der Waals surface area contributed by atoms with Gasteiger partial charge in [-0.2, -0.15) is 5.10 Å². The van der Waals surface area contributed by atoms with Crippen molar-refractivity contribution in [2.45, 2.75) is 33.6 Å². The molecule has 0 atom stereocenters. The largest absolute Gasteiger partial charge is 0.228 e. The Bertz CT molecular complexity index is 646. The Balaban J connectivity index is 2.57. The molecule has 0 aliphatic heterocycles. The summed E-state index contributed by atoms with van der Waals surface area (Å²) in [6.07, 6.45) is 7.04. The van der Waals surface area contributed by atoms with E-state index in [0.29, 0.717) is 5.92 Å². The molecule has 0 aliphatic carbocycles. The minimum absolute atomic E-state index is 0.229. The van der Waals surface area contributed by atoms with Gasteiger partial charge in [0.1, 0.15) is 0 Å². The van der Waals surface area contributed by atoms with Crippen molar-refractivity contribution in [3.05, 3.63) is 47.7 Å². The maximum Gasteiger partial charge on any atom is 0.159 e. The highest BCUT2D eigenvalue weighted by Crippen LogP contribution is 2.22. The third kappa shape index (κ3) is 2.72. The minimum atomic E-state index is -0.229. The fourth-order valence-corrected chi connectivity index (χ4v) is 1.97. The topological polar surface area (TPSA) is 30.2 Å². The molecule has 2 aromatic heterocycles. The van der Waals surface area contributed by atoms with Crippen LogP contribution in [0.2, 0.25) is 0 Å². The molecule has 0 aromatic carbocycles. The highest BCUT2D eigenvalue weighted by atomic mass is 19.1. The number of rotatable bonds is 3. The van der Waals surface area contributed by atoms with Gasteiger partial charge in [-0.1, -0.05) is 19.9 Å². The maximum atomic E-state index is 13.1. The van der Waals surface area contributed by atoms with Crippen molar-refractivity contribution in [1.29, 1.82) is 0 Å². The first-order chi connectivity index (χ1) is 9.02. The first kappa shape index (κ1) is 13.5. The Morgan fingerprint density at radius 1 is 1.42 bits per heavy atom. The van der Waals surface area contributed by atoms with Crippen LogP contribution in [0, 0.1) is 0 Å². The highest BCUT2D eigenvalue weighted by molar-refractivity contribution is 5.72. The molecule has 19 heavy (non-hydrogen) atoms. The van der Waals surface area contributed by atoms with Crippen LogP contribution in [0.3, 0.4) is 0 Å². The van der Waals surface area contributed by atoms with E-state index in [2.05, 4.69) is 23.9 Å². The van der Waals surface area contributed by atoms with E-state index in [0.717, 1.165) is 22.5 Å². The van der Waals surface area contributed by atoms with Crippen LogP contribution in [0.15, 0.2) is 36.4 Å². The predicted octanol–water partition coefficient (Wildman–Crippen LogP) is 4.13. The normalized spacial score (nSPS) is 13.6. The van der Waals surface area contributed by atoms with Gasteiger partial charge in [0.2, 0.25) is 0 Å². The Labute approximate surface area is 112 Å². The molecule has 0 unspecified atom stereocenters. The van der Waals surface area contributed by atoms with Gasteiger partial charge in [-0.05, 0) is 37.5 Å². The first-order valence-electron chi connectivity index (χ1n) is 6.37. The summed E-state index contributed by atoms with van der Waals surface area (Å²) in [5.41, 5.74) is 3.46. The molecule has 100 valence electrons. The van der Waals surface area contributed by atoms with Crippen molar-refractivity contribution in [1.82, 2.24) is 14.6 Å². The Kier molecular flexibility index (Phi) is 3.79. The molecule has 2 aromatic rings. The van der Waals surface area contributed by atoms with E-state index in [4.69, 9.17) is 0 Å². The molecular weight excluding hydrogens is 241 g/mol. The molecule has 2 heterocycles. The lowest BCUT2D eigenvalue weighted by Crippen LogP contribution is -1.96. The zero-order valence-corrected chi connectivity index (χ0v) is 11.7. The van der Waals surface area contributed by atoms with Gasteiger partial charge in [-0.3, -0.25) is 0 Å². The SMILES string of the molecule is C/C=C(\C=C(/C)F)c1ccn2ncc(C(C)C)c2n1. The van der Waals surface area contributed by atoms with E-state index < -0.39 is 0 Å². The number of fused-ring (bicyclic) bond motifs is 1. The fraction of sp³-hybridized carbons (Fsp3) is 0.333. The molecule has 0 fully saturated rings. The predicted molar refractivity (Wildman–Crippen MR) is 75.6 cm³/mol. The van der Waals surface area contributed by atoms with Crippen LogP contribution in [-0.4, -0.2) is 14.6 Å². The molecule has 0 N–H and O–H groups in total. The van der Waals surface area contributed by atoms with Gasteiger partial charge in [-0.25, -0.2) is 13.9 Å². The van der Waals surface area contributed by atoms with Gasteiger partial charge in [0.05, 0.1) is 17.7 Å². The van der Waals surface area contributed by atoms with E-state index in [1.165, 1.54) is 13.0 Å². The lowest BCUT2D eigenvalue weighted by molar-refractivity contribution is 0.641. The molecule has 0 saturated carbocycles. The van der Waals surface area contributed by atoms with Crippen molar-refractivity contribution in [2.75, 3.05) is 0 Å². The van der Waals surface area contributed by atoms with E-state index >= 15 is 0 Å². The van der Waals surface area contributed by atoms with Gasteiger partial charge >= 0.3 is 0 Å². The van der Waals surface area contributed by atoms with Crippen LogP contribution in [-0.2, 0) is 0 Å². The first-order valence-corrected chi connectivity index (χ1v) is 6.37. The number of hydrogen-bond donors (Lipinski definition) is 0. The summed E-state index contributed by atoms with van der Waals surface area (Å²) in [6, 6.07) is 1.85. The van der Waals surface area contributed by atoms with Crippen LogP contribution in [0.4, 0.5) is 4.39 Å². The van der Waals surface area contributed by atoms with Gasteiger partial charge in [0, 0.05) is 11.8 Å². The third-order valence-corrected chi connectivity index (χ3v) is 2.98. The summed E-state index contributed by atoms with van der Waals surface area (Å²) in [6.45, 7) is 7.52. The van der Waals surface area contributed by atoms with E-state index in [1.54, 1.807) is 4.52 Å². The number of nitrogens with zero attached hydrogens (tertiary/aromatic N) is 3. The zero-order valence-electron chi connectivity index (χ0n) is 11.7. The standard InChI is InChI=1S/C15H18FN3/c1-5-12(8-11(4)16)14-6-7-19-15(18-14)13(9-17-19)10(2)3/h5-10H,1-4H3/b11-8+,12-5+. The Hall–Kier alpha value is -1.97. The number of allylic oxidation sites excluding steroid dienone is 4. The highest BCUT2D eigenvalue weighted by Gasteiger charge is 2.10. The lowest BCUT2D eigenvalue weighted by atomic mass is 10.1. The summed E-state index contributed by atoms with van der Waals surface area (Å²) >= 11 is 0. The quantitative estimate of drug-likeness (QED) is 0.776. The van der Waals surface area contributed by atoms with Crippen molar-refractivity contribution in [3.8, 4) is 0 Å². The summed E-state index contributed by atoms with van der Waals surface area (Å²) in [5.74, 6) is 0.125. The molecule has 0 radical (unpaired) electrons. The molecule has 0 bridgehead atoms. The van der Waals surface area contributed by atoms with Crippen LogP contribution in [0.1, 0.15) is 44.9 Å². The van der Waals surface area contributed by atoms with Gasteiger partial charge in [0.25, 0.3) is 0 Å². The average molecular weight is 259 g/mol. The van der Waals surface area contributed by atoms with Crippen LogP contribution in [0.25, 0.3) is 11.2 Å².